The number of carbonyl (C=O) groups excluding carboxylic acids is 2. The molecule has 2 saturated heterocycles. The van der Waals surface area contributed by atoms with Crippen molar-refractivity contribution in [1.29, 1.82) is 0 Å². The van der Waals surface area contributed by atoms with Crippen LogP contribution in [0.25, 0.3) is 0 Å². The molecule has 0 spiro atoms. The van der Waals surface area contributed by atoms with Crippen LogP contribution in [0.2, 0.25) is 0 Å². The third-order valence-electron chi connectivity index (χ3n) is 5.57. The summed E-state index contributed by atoms with van der Waals surface area (Å²) in [4.78, 5) is 29.1. The van der Waals surface area contributed by atoms with Crippen LogP contribution >= 0.6 is 0 Å². The number of hydrogen-bond acceptors (Lipinski definition) is 2. The van der Waals surface area contributed by atoms with Gasteiger partial charge in [0.25, 0.3) is 0 Å². The zero-order valence-electron chi connectivity index (χ0n) is 15.2. The van der Waals surface area contributed by atoms with Gasteiger partial charge in [0.05, 0.1) is 12.0 Å². The van der Waals surface area contributed by atoms with Gasteiger partial charge in [-0.1, -0.05) is 26.0 Å². The third-order valence-corrected chi connectivity index (χ3v) is 5.57. The zero-order valence-corrected chi connectivity index (χ0v) is 15.2. The van der Waals surface area contributed by atoms with Crippen LogP contribution in [-0.4, -0.2) is 41.8 Å². The van der Waals surface area contributed by atoms with Crippen molar-refractivity contribution in [3.05, 3.63) is 35.6 Å². The first-order valence-corrected chi connectivity index (χ1v) is 9.16. The molecule has 2 amide bonds. The number of likely N-dealkylation sites (tertiary alicyclic amines) is 2. The van der Waals surface area contributed by atoms with Gasteiger partial charge in [0.15, 0.2) is 0 Å². The Labute approximate surface area is 149 Å². The van der Waals surface area contributed by atoms with Crippen molar-refractivity contribution in [3.63, 3.8) is 0 Å². The molecule has 25 heavy (non-hydrogen) atoms. The second-order valence-electron chi connectivity index (χ2n) is 7.84. The Morgan fingerprint density at radius 2 is 1.72 bits per heavy atom. The van der Waals surface area contributed by atoms with Gasteiger partial charge >= 0.3 is 0 Å². The molecular weight excluding hydrogens is 319 g/mol. The number of amides is 2. The number of piperidine rings is 2. The SMILES string of the molecule is C[C@@H]1C[C@H](C)CN(C(=O)[C@@H]2CCC(=O)N(C)[C@H]2c2ccc(F)cc2)C1. The minimum absolute atomic E-state index is 0.0405. The molecule has 0 aliphatic carbocycles. The molecule has 2 aliphatic rings. The summed E-state index contributed by atoms with van der Waals surface area (Å²) in [6, 6.07) is 5.86. The van der Waals surface area contributed by atoms with Gasteiger partial charge in [0.2, 0.25) is 11.8 Å². The summed E-state index contributed by atoms with van der Waals surface area (Å²) in [6.45, 7) is 5.94. The van der Waals surface area contributed by atoms with Crippen molar-refractivity contribution in [2.75, 3.05) is 20.1 Å². The Morgan fingerprint density at radius 3 is 2.32 bits per heavy atom. The van der Waals surface area contributed by atoms with Crippen molar-refractivity contribution in [3.8, 4) is 0 Å². The van der Waals surface area contributed by atoms with Gasteiger partial charge < -0.3 is 9.80 Å². The van der Waals surface area contributed by atoms with Crippen LogP contribution < -0.4 is 0 Å². The normalized spacial score (nSPS) is 30.5. The molecule has 0 unspecified atom stereocenters. The van der Waals surface area contributed by atoms with Gasteiger partial charge in [-0.25, -0.2) is 4.39 Å². The molecule has 4 atom stereocenters. The molecule has 2 heterocycles. The number of hydrogen-bond donors (Lipinski definition) is 0. The number of halogens is 1. The Morgan fingerprint density at radius 1 is 1.12 bits per heavy atom. The van der Waals surface area contributed by atoms with E-state index in [-0.39, 0.29) is 29.6 Å². The van der Waals surface area contributed by atoms with Crippen molar-refractivity contribution < 1.29 is 14.0 Å². The van der Waals surface area contributed by atoms with Gasteiger partial charge in [-0.2, -0.15) is 0 Å². The number of benzene rings is 1. The maximum absolute atomic E-state index is 13.3. The molecule has 5 heteroatoms. The summed E-state index contributed by atoms with van der Waals surface area (Å²) in [5.74, 6) is 0.603. The van der Waals surface area contributed by atoms with Crippen LogP contribution in [-0.2, 0) is 9.59 Å². The van der Waals surface area contributed by atoms with Gasteiger partial charge in [-0.05, 0) is 42.4 Å². The average Bonchev–Trinajstić information content (AvgIpc) is 2.57. The van der Waals surface area contributed by atoms with Crippen LogP contribution in [0.15, 0.2) is 24.3 Å². The second-order valence-corrected chi connectivity index (χ2v) is 7.84. The van der Waals surface area contributed by atoms with E-state index in [0.717, 1.165) is 25.1 Å². The number of carbonyl (C=O) groups is 2. The predicted molar refractivity (Wildman–Crippen MR) is 94.2 cm³/mol. The van der Waals surface area contributed by atoms with Crippen molar-refractivity contribution in [2.45, 2.75) is 39.2 Å². The first-order chi connectivity index (χ1) is 11.9. The van der Waals surface area contributed by atoms with E-state index < -0.39 is 0 Å². The summed E-state index contributed by atoms with van der Waals surface area (Å²) in [7, 11) is 1.75. The average molecular weight is 346 g/mol. The second kappa shape index (κ2) is 7.14. The highest BCUT2D eigenvalue weighted by molar-refractivity contribution is 5.85. The van der Waals surface area contributed by atoms with E-state index in [0.29, 0.717) is 24.7 Å². The first kappa shape index (κ1) is 17.9. The molecule has 4 nitrogen and oxygen atoms in total. The lowest BCUT2D eigenvalue weighted by molar-refractivity contribution is -0.148. The summed E-state index contributed by atoms with van der Waals surface area (Å²) in [5, 5.41) is 0. The molecule has 0 bridgehead atoms. The molecule has 1 aromatic rings. The third kappa shape index (κ3) is 3.70. The summed E-state index contributed by atoms with van der Waals surface area (Å²) < 4.78 is 13.3. The molecule has 0 N–H and O–H groups in total. The van der Waals surface area contributed by atoms with Crippen molar-refractivity contribution in [2.24, 2.45) is 17.8 Å². The van der Waals surface area contributed by atoms with E-state index in [1.165, 1.54) is 12.1 Å². The minimum atomic E-state index is -0.318. The van der Waals surface area contributed by atoms with E-state index in [1.807, 2.05) is 4.90 Å². The van der Waals surface area contributed by atoms with Gasteiger partial charge in [0, 0.05) is 26.6 Å². The maximum atomic E-state index is 13.3. The molecule has 3 rings (SSSR count). The molecule has 136 valence electrons. The van der Waals surface area contributed by atoms with E-state index in [1.54, 1.807) is 24.1 Å². The van der Waals surface area contributed by atoms with E-state index in [4.69, 9.17) is 0 Å². The van der Waals surface area contributed by atoms with E-state index >= 15 is 0 Å². The molecule has 0 saturated carbocycles. The van der Waals surface area contributed by atoms with E-state index in [9.17, 15) is 14.0 Å². The Bertz CT molecular complexity index is 636. The Kier molecular flexibility index (Phi) is 5.11. The molecule has 1 aromatic carbocycles. The van der Waals surface area contributed by atoms with Crippen molar-refractivity contribution >= 4 is 11.8 Å². The van der Waals surface area contributed by atoms with Crippen LogP contribution in [0, 0.1) is 23.6 Å². The van der Waals surface area contributed by atoms with E-state index in [2.05, 4.69) is 13.8 Å². The summed E-state index contributed by atoms with van der Waals surface area (Å²) in [6.07, 6.45) is 2.10. The molecule has 0 aromatic heterocycles. The number of rotatable bonds is 2. The highest BCUT2D eigenvalue weighted by Gasteiger charge is 2.41. The van der Waals surface area contributed by atoms with Gasteiger partial charge in [-0.15, -0.1) is 0 Å². The van der Waals surface area contributed by atoms with Gasteiger partial charge in [-0.3, -0.25) is 9.59 Å². The molecule has 0 radical (unpaired) electrons. The monoisotopic (exact) mass is 346 g/mol. The smallest absolute Gasteiger partial charge is 0.228 e. The van der Waals surface area contributed by atoms with Crippen molar-refractivity contribution in [1.82, 2.24) is 9.80 Å². The maximum Gasteiger partial charge on any atom is 0.228 e. The van der Waals surface area contributed by atoms with Crippen LogP contribution in [0.3, 0.4) is 0 Å². The predicted octanol–water partition coefficient (Wildman–Crippen LogP) is 3.24. The Hall–Kier alpha value is -1.91. The number of nitrogens with zero attached hydrogens (tertiary/aromatic N) is 2. The molecule has 2 aliphatic heterocycles. The Balaban J connectivity index is 1.87. The van der Waals surface area contributed by atoms with Crippen LogP contribution in [0.1, 0.15) is 44.7 Å². The lowest BCUT2D eigenvalue weighted by Crippen LogP contribution is -2.50. The highest BCUT2D eigenvalue weighted by Crippen LogP contribution is 2.38. The molecular formula is C20H27FN2O2. The highest BCUT2D eigenvalue weighted by atomic mass is 19.1. The van der Waals surface area contributed by atoms with Crippen LogP contribution in [0.5, 0.6) is 0 Å². The van der Waals surface area contributed by atoms with Crippen LogP contribution in [0.4, 0.5) is 4.39 Å². The summed E-state index contributed by atoms with van der Waals surface area (Å²) >= 11 is 0. The largest absolute Gasteiger partial charge is 0.342 e. The topological polar surface area (TPSA) is 40.6 Å². The fourth-order valence-electron chi connectivity index (χ4n) is 4.49. The lowest BCUT2D eigenvalue weighted by atomic mass is 9.82. The quantitative estimate of drug-likeness (QED) is 0.825. The molecule has 2 fully saturated rings. The van der Waals surface area contributed by atoms with Gasteiger partial charge in [0.1, 0.15) is 5.82 Å². The summed E-state index contributed by atoms with van der Waals surface area (Å²) in [5.41, 5.74) is 0.827. The standard InChI is InChI=1S/C20H27FN2O2/c1-13-10-14(2)12-23(11-13)20(25)17-8-9-18(24)22(3)19(17)15-4-6-16(21)7-5-15/h4-7,13-14,17,19H,8-12H2,1-3H3/t13-,14+,17-,19+/m1/s1. The minimum Gasteiger partial charge on any atom is -0.342 e. The fourth-order valence-corrected chi connectivity index (χ4v) is 4.49. The lowest BCUT2D eigenvalue weighted by Gasteiger charge is -2.43. The fraction of sp³-hybridized carbons (Fsp3) is 0.600. The first-order valence-electron chi connectivity index (χ1n) is 9.16. The zero-order chi connectivity index (χ0) is 18.1.